The lowest BCUT2D eigenvalue weighted by Gasteiger charge is -2.15. The summed E-state index contributed by atoms with van der Waals surface area (Å²) >= 11 is 1.90. The van der Waals surface area contributed by atoms with E-state index in [-0.39, 0.29) is 11.5 Å². The molecular weight excluding hydrogens is 408 g/mol. The van der Waals surface area contributed by atoms with Crippen LogP contribution in [0.5, 0.6) is 0 Å². The van der Waals surface area contributed by atoms with Crippen molar-refractivity contribution in [1.29, 1.82) is 0 Å². The number of H-pyrrole nitrogens is 1. The lowest BCUT2D eigenvalue weighted by Crippen LogP contribution is -2.21. The smallest absolute Gasteiger partial charge is 0.262 e. The van der Waals surface area contributed by atoms with Crippen molar-refractivity contribution >= 4 is 22.4 Å². The van der Waals surface area contributed by atoms with Crippen LogP contribution >= 0.6 is 11.3 Å². The minimum Gasteiger partial charge on any atom is -0.310 e. The monoisotopic (exact) mass is 438 g/mol. The van der Waals surface area contributed by atoms with E-state index in [0.717, 1.165) is 50.4 Å². The van der Waals surface area contributed by atoms with Crippen molar-refractivity contribution in [2.45, 2.75) is 76.8 Å². The Balaban J connectivity index is 1.25. The Hall–Kier alpha value is -2.06. The molecule has 0 bridgehead atoms. The molecule has 164 valence electrons. The molecule has 1 saturated carbocycles. The first kappa shape index (κ1) is 19.6. The van der Waals surface area contributed by atoms with Crippen molar-refractivity contribution in [3.8, 4) is 0 Å². The molecule has 0 amide bonds. The predicted octanol–water partition coefficient (Wildman–Crippen LogP) is 3.81. The Labute approximate surface area is 185 Å². The van der Waals surface area contributed by atoms with E-state index in [0.29, 0.717) is 17.3 Å². The van der Waals surface area contributed by atoms with Gasteiger partial charge in [-0.2, -0.15) is 5.10 Å². The third-order valence-electron chi connectivity index (χ3n) is 7.44. The van der Waals surface area contributed by atoms with Crippen molar-refractivity contribution < 1.29 is 0 Å². The zero-order chi connectivity index (χ0) is 20.9. The highest BCUT2D eigenvalue weighted by Gasteiger charge is 2.34. The Morgan fingerprint density at radius 3 is 2.81 bits per heavy atom. The highest BCUT2D eigenvalue weighted by Crippen LogP contribution is 2.34. The summed E-state index contributed by atoms with van der Waals surface area (Å²) in [7, 11) is 0. The van der Waals surface area contributed by atoms with E-state index >= 15 is 0 Å². The fourth-order valence-corrected chi connectivity index (χ4v) is 6.96. The summed E-state index contributed by atoms with van der Waals surface area (Å²) in [5, 5.41) is 6.41. The molecule has 0 unspecified atom stereocenters. The molecule has 2 aliphatic carbocycles. The van der Waals surface area contributed by atoms with Gasteiger partial charge in [0.05, 0.1) is 24.5 Å². The molecule has 31 heavy (non-hydrogen) atoms. The second-order valence-corrected chi connectivity index (χ2v) is 10.8. The van der Waals surface area contributed by atoms with Gasteiger partial charge in [-0.3, -0.25) is 9.69 Å². The fraction of sp³-hybridized carbons (Fsp3) is 0.652. The van der Waals surface area contributed by atoms with Crippen LogP contribution in [0, 0.1) is 5.92 Å². The van der Waals surface area contributed by atoms with Gasteiger partial charge in [-0.25, -0.2) is 14.6 Å². The molecule has 7 nitrogen and oxygen atoms in total. The standard InChI is InChI=1S/C23H30N6OS/c1-14-11-28(13-20-25-18-8-4-5-9-19(18)31-20)12-17(14)21-26-22-16(23(30)27-21)10-24-29(22)15-6-2-3-7-15/h10,14-15,17H,2-9,11-13H2,1H3,(H,26,27,30)/t14-,17-/m1/s1. The Morgan fingerprint density at radius 1 is 1.13 bits per heavy atom. The predicted molar refractivity (Wildman–Crippen MR) is 122 cm³/mol. The van der Waals surface area contributed by atoms with Crippen LogP contribution in [0.4, 0.5) is 0 Å². The van der Waals surface area contributed by atoms with Gasteiger partial charge >= 0.3 is 0 Å². The maximum Gasteiger partial charge on any atom is 0.262 e. The molecule has 1 aliphatic heterocycles. The van der Waals surface area contributed by atoms with E-state index in [2.05, 4.69) is 21.9 Å². The summed E-state index contributed by atoms with van der Waals surface area (Å²) in [5.41, 5.74) is 2.05. The van der Waals surface area contributed by atoms with Gasteiger partial charge < -0.3 is 4.98 Å². The zero-order valence-corrected chi connectivity index (χ0v) is 19.0. The number of fused-ring (bicyclic) bond motifs is 2. The van der Waals surface area contributed by atoms with Crippen LogP contribution in [0.15, 0.2) is 11.0 Å². The van der Waals surface area contributed by atoms with Gasteiger partial charge in [0.25, 0.3) is 5.56 Å². The molecule has 4 heterocycles. The largest absolute Gasteiger partial charge is 0.310 e. The van der Waals surface area contributed by atoms with Crippen LogP contribution in [-0.4, -0.2) is 42.7 Å². The number of thiazole rings is 1. The highest BCUT2D eigenvalue weighted by atomic mass is 32.1. The first-order valence-electron chi connectivity index (χ1n) is 11.8. The number of nitrogens with zero attached hydrogens (tertiary/aromatic N) is 5. The first-order chi connectivity index (χ1) is 15.2. The normalized spacial score (nSPS) is 24.9. The Bertz CT molecular complexity index is 1130. The second kappa shape index (κ2) is 7.81. The molecule has 8 heteroatoms. The second-order valence-electron chi connectivity index (χ2n) is 9.68. The van der Waals surface area contributed by atoms with Gasteiger partial charge in [0.2, 0.25) is 0 Å². The van der Waals surface area contributed by atoms with Crippen molar-refractivity contribution in [2.24, 2.45) is 5.92 Å². The van der Waals surface area contributed by atoms with Crippen LogP contribution in [-0.2, 0) is 19.4 Å². The zero-order valence-electron chi connectivity index (χ0n) is 18.1. The van der Waals surface area contributed by atoms with E-state index in [4.69, 9.17) is 9.97 Å². The number of rotatable bonds is 4. The number of aromatic nitrogens is 5. The van der Waals surface area contributed by atoms with Crippen LogP contribution in [0.3, 0.4) is 0 Å². The molecule has 2 fully saturated rings. The van der Waals surface area contributed by atoms with E-state index < -0.39 is 0 Å². The van der Waals surface area contributed by atoms with Gasteiger partial charge in [-0.1, -0.05) is 19.8 Å². The van der Waals surface area contributed by atoms with Crippen molar-refractivity contribution in [2.75, 3.05) is 13.1 Å². The van der Waals surface area contributed by atoms with Gasteiger partial charge in [0.1, 0.15) is 16.2 Å². The molecule has 3 aromatic heterocycles. The Kier molecular flexibility index (Phi) is 4.94. The van der Waals surface area contributed by atoms with Gasteiger partial charge in [-0.15, -0.1) is 11.3 Å². The number of likely N-dealkylation sites (tertiary alicyclic amines) is 1. The van der Waals surface area contributed by atoms with Crippen LogP contribution in [0.1, 0.15) is 78.8 Å². The van der Waals surface area contributed by atoms with Crippen molar-refractivity contribution in [1.82, 2.24) is 29.6 Å². The number of hydrogen-bond acceptors (Lipinski definition) is 6. The minimum atomic E-state index is -0.0532. The number of hydrogen-bond donors (Lipinski definition) is 1. The van der Waals surface area contributed by atoms with Crippen LogP contribution < -0.4 is 5.56 Å². The third kappa shape index (κ3) is 3.53. The van der Waals surface area contributed by atoms with E-state index in [1.54, 1.807) is 6.20 Å². The summed E-state index contributed by atoms with van der Waals surface area (Å²) < 4.78 is 2.01. The number of aryl methyl sites for hydroxylation is 2. The van der Waals surface area contributed by atoms with Crippen molar-refractivity contribution in [3.63, 3.8) is 0 Å². The van der Waals surface area contributed by atoms with Crippen LogP contribution in [0.2, 0.25) is 0 Å². The molecule has 3 aromatic rings. The highest BCUT2D eigenvalue weighted by molar-refractivity contribution is 7.11. The van der Waals surface area contributed by atoms with Gasteiger partial charge in [0, 0.05) is 23.9 Å². The summed E-state index contributed by atoms with van der Waals surface area (Å²) in [4.78, 5) is 29.8. The molecule has 1 saturated heterocycles. The Morgan fingerprint density at radius 2 is 1.97 bits per heavy atom. The minimum absolute atomic E-state index is 0.0532. The van der Waals surface area contributed by atoms with E-state index in [1.807, 2.05) is 16.0 Å². The average Bonchev–Trinajstić information content (AvgIpc) is 3.53. The maximum atomic E-state index is 12.8. The fourth-order valence-electron chi connectivity index (χ4n) is 5.76. The van der Waals surface area contributed by atoms with Gasteiger partial charge in [-0.05, 0) is 44.4 Å². The quantitative estimate of drug-likeness (QED) is 0.670. The lowest BCUT2D eigenvalue weighted by atomic mass is 9.97. The molecule has 6 rings (SSSR count). The lowest BCUT2D eigenvalue weighted by molar-refractivity contribution is 0.317. The summed E-state index contributed by atoms with van der Waals surface area (Å²) in [6, 6.07) is 0.382. The molecule has 2 atom stereocenters. The van der Waals surface area contributed by atoms with E-state index in [9.17, 15) is 4.79 Å². The van der Waals surface area contributed by atoms with E-state index in [1.165, 1.54) is 47.7 Å². The SMILES string of the molecule is C[C@@H]1CN(Cc2nc3c(s2)CCCC3)C[C@H]1c1nc2c(cnn2C2CCCC2)c(=O)[nH]1. The number of nitrogens with one attached hydrogen (secondary N) is 1. The maximum absolute atomic E-state index is 12.8. The molecule has 1 N–H and O–H groups in total. The summed E-state index contributed by atoms with van der Waals surface area (Å²) in [5.74, 6) is 1.50. The number of aromatic amines is 1. The van der Waals surface area contributed by atoms with Crippen LogP contribution in [0.25, 0.3) is 11.0 Å². The topological polar surface area (TPSA) is 79.7 Å². The molecule has 0 spiro atoms. The van der Waals surface area contributed by atoms with Gasteiger partial charge in [0.15, 0.2) is 5.65 Å². The molecule has 3 aliphatic rings. The molecule has 0 aromatic carbocycles. The molecular formula is C23H30N6OS. The molecule has 0 radical (unpaired) electrons. The average molecular weight is 439 g/mol. The first-order valence-corrected chi connectivity index (χ1v) is 12.6. The van der Waals surface area contributed by atoms with Crippen molar-refractivity contribution in [3.05, 3.63) is 38.0 Å². The third-order valence-corrected chi connectivity index (χ3v) is 8.58. The summed E-state index contributed by atoms with van der Waals surface area (Å²) in [6.07, 6.45) is 11.3. The summed E-state index contributed by atoms with van der Waals surface area (Å²) in [6.45, 7) is 5.11.